The van der Waals surface area contributed by atoms with E-state index in [4.69, 9.17) is 4.74 Å². The monoisotopic (exact) mass is 368 g/mol. The van der Waals surface area contributed by atoms with Crippen LogP contribution in [0.1, 0.15) is 72.1 Å². The third-order valence-corrected chi connectivity index (χ3v) is 10.5. The Morgan fingerprint density at radius 2 is 1.85 bits per heavy atom. The molecule has 3 nitrogen and oxygen atoms in total. The molecule has 5 fully saturated rings. The summed E-state index contributed by atoms with van der Waals surface area (Å²) < 4.78 is 6.17. The van der Waals surface area contributed by atoms with Crippen molar-refractivity contribution < 1.29 is 14.3 Å². The second-order valence-corrected chi connectivity index (χ2v) is 11.2. The van der Waals surface area contributed by atoms with Crippen molar-refractivity contribution in [2.75, 3.05) is 0 Å². The van der Waals surface area contributed by atoms with Gasteiger partial charge in [0.1, 0.15) is 5.60 Å². The van der Waals surface area contributed by atoms with Crippen molar-refractivity contribution in [1.82, 2.24) is 0 Å². The molecule has 0 amide bonds. The third kappa shape index (κ3) is 1.81. The van der Waals surface area contributed by atoms with Gasteiger partial charge >= 0.3 is 5.97 Å². The van der Waals surface area contributed by atoms with Gasteiger partial charge in [0.15, 0.2) is 5.78 Å². The highest BCUT2D eigenvalue weighted by Gasteiger charge is 2.73. The maximum atomic E-state index is 12.1. The van der Waals surface area contributed by atoms with Gasteiger partial charge in [-0.3, -0.25) is 9.59 Å². The van der Waals surface area contributed by atoms with E-state index < -0.39 is 0 Å². The number of fused-ring (bicyclic) bond motifs is 9. The van der Waals surface area contributed by atoms with Gasteiger partial charge in [0, 0.05) is 18.3 Å². The highest BCUT2D eigenvalue weighted by molar-refractivity contribution is 5.92. The lowest BCUT2D eigenvalue weighted by Crippen LogP contribution is -2.56. The molecular weight excluding hydrogens is 336 g/mol. The lowest BCUT2D eigenvalue weighted by Gasteiger charge is -2.59. The summed E-state index contributed by atoms with van der Waals surface area (Å²) in [5, 5.41) is 0. The molecule has 1 spiro atoms. The number of carbonyl (C=O) groups is 2. The maximum absolute atomic E-state index is 12.1. The van der Waals surface area contributed by atoms with Crippen molar-refractivity contribution in [3.63, 3.8) is 0 Å². The summed E-state index contributed by atoms with van der Waals surface area (Å²) in [6.45, 7) is 7.28. The minimum absolute atomic E-state index is 0.0294. The van der Waals surface area contributed by atoms with Crippen LogP contribution in [0, 0.1) is 46.3 Å². The fourth-order valence-corrected chi connectivity index (χ4v) is 9.16. The Balaban J connectivity index is 1.42. The standard InChI is InChI=1S/C24H32O3/c1-13-10-19-21-16-12-15(16)18-11-14(25)4-7-22(18,2)17(21)5-8-23(19,3)24(13)9-6-20(26)27-24/h11,13,15-17,19,21H,4-10,12H2,1-3H3. The molecule has 1 heterocycles. The zero-order chi connectivity index (χ0) is 18.8. The second kappa shape index (κ2) is 4.89. The summed E-state index contributed by atoms with van der Waals surface area (Å²) in [6, 6.07) is 0. The number of allylic oxidation sites excluding steroid dienone is 1. The van der Waals surface area contributed by atoms with Crippen LogP contribution in [0.5, 0.6) is 0 Å². The zero-order valence-corrected chi connectivity index (χ0v) is 16.9. The molecule has 27 heavy (non-hydrogen) atoms. The van der Waals surface area contributed by atoms with Crippen molar-refractivity contribution in [3.05, 3.63) is 11.6 Å². The van der Waals surface area contributed by atoms with Crippen molar-refractivity contribution in [2.45, 2.75) is 77.7 Å². The van der Waals surface area contributed by atoms with Crippen LogP contribution in [-0.4, -0.2) is 17.4 Å². The quantitative estimate of drug-likeness (QED) is 0.582. The molecule has 9 atom stereocenters. The molecule has 1 saturated heterocycles. The molecule has 9 unspecified atom stereocenters. The number of ketones is 1. The number of esters is 1. The van der Waals surface area contributed by atoms with Crippen molar-refractivity contribution in [2.24, 2.45) is 46.3 Å². The van der Waals surface area contributed by atoms with Gasteiger partial charge in [-0.25, -0.2) is 0 Å². The van der Waals surface area contributed by atoms with E-state index in [-0.39, 0.29) is 22.4 Å². The topological polar surface area (TPSA) is 43.4 Å². The Kier molecular flexibility index (Phi) is 3.04. The Hall–Kier alpha value is -1.12. The fourth-order valence-electron chi connectivity index (χ4n) is 9.16. The molecule has 3 heteroatoms. The minimum atomic E-state index is -0.205. The fraction of sp³-hybridized carbons (Fsp3) is 0.833. The molecule has 0 bridgehead atoms. The molecule has 0 aromatic carbocycles. The van der Waals surface area contributed by atoms with Crippen LogP contribution in [-0.2, 0) is 14.3 Å². The Labute approximate surface area is 162 Å². The van der Waals surface area contributed by atoms with Crippen molar-refractivity contribution in [1.29, 1.82) is 0 Å². The first kappa shape index (κ1) is 16.8. The maximum Gasteiger partial charge on any atom is 0.306 e. The van der Waals surface area contributed by atoms with Gasteiger partial charge in [-0.2, -0.15) is 0 Å². The SMILES string of the molecule is CC1CC2C3C4CC4C4=CC(=O)CCC4(C)C3CCC2(C)C12CCC(=O)O2. The van der Waals surface area contributed by atoms with E-state index >= 15 is 0 Å². The van der Waals surface area contributed by atoms with Crippen molar-refractivity contribution >= 4 is 11.8 Å². The molecule has 5 aliphatic carbocycles. The van der Waals surface area contributed by atoms with E-state index in [1.54, 1.807) is 0 Å². The average molecular weight is 369 g/mol. The van der Waals surface area contributed by atoms with E-state index in [9.17, 15) is 9.59 Å². The summed E-state index contributed by atoms with van der Waals surface area (Å²) in [4.78, 5) is 24.3. The second-order valence-electron chi connectivity index (χ2n) is 11.2. The molecule has 0 aromatic rings. The third-order valence-electron chi connectivity index (χ3n) is 10.5. The van der Waals surface area contributed by atoms with Crippen LogP contribution in [0.2, 0.25) is 0 Å². The smallest absolute Gasteiger partial charge is 0.306 e. The minimum Gasteiger partial charge on any atom is -0.458 e. The van der Waals surface area contributed by atoms with Crippen molar-refractivity contribution in [3.8, 4) is 0 Å². The largest absolute Gasteiger partial charge is 0.458 e. The molecule has 6 aliphatic rings. The van der Waals surface area contributed by atoms with Gasteiger partial charge < -0.3 is 4.74 Å². The van der Waals surface area contributed by atoms with Crippen LogP contribution in [0.25, 0.3) is 0 Å². The highest BCUT2D eigenvalue weighted by Crippen LogP contribution is 2.76. The Bertz CT molecular complexity index is 782. The first-order chi connectivity index (χ1) is 12.8. The van der Waals surface area contributed by atoms with Gasteiger partial charge in [0.25, 0.3) is 0 Å². The summed E-state index contributed by atoms with van der Waals surface area (Å²) in [6.07, 6.45) is 10.3. The Morgan fingerprint density at radius 1 is 1.04 bits per heavy atom. The molecule has 6 rings (SSSR count). The summed E-state index contributed by atoms with van der Waals surface area (Å²) in [7, 11) is 0. The molecular formula is C24H32O3. The summed E-state index contributed by atoms with van der Waals surface area (Å²) >= 11 is 0. The van der Waals surface area contributed by atoms with Crippen LogP contribution in [0.3, 0.4) is 0 Å². The number of hydrogen-bond donors (Lipinski definition) is 0. The van der Waals surface area contributed by atoms with Gasteiger partial charge in [-0.1, -0.05) is 26.3 Å². The van der Waals surface area contributed by atoms with Crippen LogP contribution in [0.15, 0.2) is 11.6 Å². The van der Waals surface area contributed by atoms with Gasteiger partial charge in [-0.15, -0.1) is 0 Å². The average Bonchev–Trinajstić information content (AvgIpc) is 3.26. The zero-order valence-electron chi connectivity index (χ0n) is 16.9. The number of rotatable bonds is 0. The van der Waals surface area contributed by atoms with Crippen LogP contribution < -0.4 is 0 Å². The van der Waals surface area contributed by atoms with E-state index in [0.717, 1.165) is 37.0 Å². The predicted octanol–water partition coefficient (Wildman–Crippen LogP) is 4.70. The summed E-state index contributed by atoms with van der Waals surface area (Å²) in [5.41, 5.74) is 1.70. The van der Waals surface area contributed by atoms with Gasteiger partial charge in [0.2, 0.25) is 0 Å². The molecule has 146 valence electrons. The normalized spacial score (nSPS) is 58.1. The van der Waals surface area contributed by atoms with Crippen LogP contribution >= 0.6 is 0 Å². The number of carbonyl (C=O) groups excluding carboxylic acids is 2. The highest BCUT2D eigenvalue weighted by atomic mass is 16.6. The first-order valence-corrected chi connectivity index (χ1v) is 11.3. The molecule has 0 radical (unpaired) electrons. The van der Waals surface area contributed by atoms with E-state index in [1.807, 2.05) is 0 Å². The molecule has 0 aromatic heterocycles. The Morgan fingerprint density at radius 3 is 2.59 bits per heavy atom. The van der Waals surface area contributed by atoms with E-state index in [2.05, 4.69) is 26.8 Å². The molecule has 1 aliphatic heterocycles. The lowest BCUT2D eigenvalue weighted by atomic mass is 9.46. The number of ether oxygens (including phenoxy) is 1. The first-order valence-electron chi connectivity index (χ1n) is 11.3. The lowest BCUT2D eigenvalue weighted by molar-refractivity contribution is -0.174. The number of hydrogen-bond acceptors (Lipinski definition) is 3. The summed E-state index contributed by atoms with van der Waals surface area (Å²) in [5.74, 6) is 4.49. The van der Waals surface area contributed by atoms with Crippen LogP contribution in [0.4, 0.5) is 0 Å². The predicted molar refractivity (Wildman–Crippen MR) is 102 cm³/mol. The van der Waals surface area contributed by atoms with E-state index in [0.29, 0.717) is 30.0 Å². The molecule has 4 saturated carbocycles. The van der Waals surface area contributed by atoms with Gasteiger partial charge in [-0.05, 0) is 85.5 Å². The van der Waals surface area contributed by atoms with E-state index in [1.165, 1.54) is 31.3 Å². The molecule has 0 N–H and O–H groups in total. The van der Waals surface area contributed by atoms with Gasteiger partial charge in [0.05, 0.1) is 0 Å².